The Bertz CT molecular complexity index is 742. The first kappa shape index (κ1) is 18.6. The smallest absolute Gasteiger partial charge is 0.178 e. The molecule has 26 heavy (non-hydrogen) atoms. The summed E-state index contributed by atoms with van der Waals surface area (Å²) >= 11 is 3.85. The third-order valence-corrected chi connectivity index (χ3v) is 9.15. The monoisotopic (exact) mass is 422 g/mol. The van der Waals surface area contributed by atoms with Gasteiger partial charge in [0.15, 0.2) is 11.6 Å². The lowest BCUT2D eigenvalue weighted by molar-refractivity contribution is -0.174. The van der Waals surface area contributed by atoms with Gasteiger partial charge in [-0.05, 0) is 56.6 Å². The number of hydrogen-bond acceptors (Lipinski definition) is 4. The van der Waals surface area contributed by atoms with Crippen molar-refractivity contribution >= 4 is 27.5 Å². The molecule has 142 valence electrons. The van der Waals surface area contributed by atoms with Gasteiger partial charge in [0.25, 0.3) is 0 Å². The van der Waals surface area contributed by atoms with Gasteiger partial charge in [-0.25, -0.2) is 0 Å². The average molecular weight is 423 g/mol. The zero-order valence-corrected chi connectivity index (χ0v) is 17.1. The zero-order valence-electron chi connectivity index (χ0n) is 15.5. The first-order valence-corrected chi connectivity index (χ1v) is 10.5. The highest BCUT2D eigenvalue weighted by atomic mass is 79.9. The zero-order chi connectivity index (χ0) is 19.1. The number of hydrogen-bond donors (Lipinski definition) is 2. The minimum absolute atomic E-state index is 0.0117. The number of carbonyl (C=O) groups is 2. The molecule has 0 heterocycles. The Balaban J connectivity index is 1.81. The van der Waals surface area contributed by atoms with Crippen molar-refractivity contribution < 1.29 is 19.8 Å². The number of alkyl halides is 1. The largest absolute Gasteiger partial charge is 0.393 e. The number of halogens is 1. The van der Waals surface area contributed by atoms with E-state index in [1.54, 1.807) is 12.2 Å². The van der Waals surface area contributed by atoms with Gasteiger partial charge in [0.1, 0.15) is 5.60 Å². The summed E-state index contributed by atoms with van der Waals surface area (Å²) in [6.45, 7) is 5.58. The van der Waals surface area contributed by atoms with Crippen LogP contribution in [0.5, 0.6) is 0 Å². The van der Waals surface area contributed by atoms with Crippen molar-refractivity contribution in [1.29, 1.82) is 0 Å². The molecule has 4 aliphatic rings. The standard InChI is InChI=1S/C21H27BrO4/c1-11(23)21(26)7-5-14-17-15(22)9-12-8-13(24)4-6-19(12,2)18(17)16(25)10-20(14,21)3/h4,6,8,14-18,25-26H,5,7,9-10H2,1-3H3/t14-,15?,16?,17+,18-,19-,20-,21-/m0/s1. The van der Waals surface area contributed by atoms with Gasteiger partial charge in [0, 0.05) is 21.6 Å². The number of ketones is 2. The lowest BCUT2D eigenvalue weighted by Gasteiger charge is -2.60. The average Bonchev–Trinajstić information content (AvgIpc) is 2.81. The molecule has 0 spiro atoms. The van der Waals surface area contributed by atoms with Gasteiger partial charge in [0.2, 0.25) is 0 Å². The van der Waals surface area contributed by atoms with Crippen LogP contribution in [0.15, 0.2) is 23.8 Å². The van der Waals surface area contributed by atoms with Crippen LogP contribution in [0.4, 0.5) is 0 Å². The fourth-order valence-corrected chi connectivity index (χ4v) is 7.87. The Labute approximate surface area is 162 Å². The maximum absolute atomic E-state index is 12.3. The van der Waals surface area contributed by atoms with Crippen molar-refractivity contribution in [2.45, 2.75) is 63.0 Å². The highest BCUT2D eigenvalue weighted by Crippen LogP contribution is 2.67. The number of Topliss-reactive ketones (excluding diaryl/α,β-unsaturated/α-hetero) is 1. The van der Waals surface area contributed by atoms with Crippen LogP contribution in [0, 0.1) is 28.6 Å². The van der Waals surface area contributed by atoms with E-state index in [0.29, 0.717) is 12.8 Å². The van der Waals surface area contributed by atoms with Gasteiger partial charge >= 0.3 is 0 Å². The van der Waals surface area contributed by atoms with Gasteiger partial charge < -0.3 is 10.2 Å². The number of rotatable bonds is 1. The molecule has 0 bridgehead atoms. The maximum Gasteiger partial charge on any atom is 0.178 e. The highest BCUT2D eigenvalue weighted by molar-refractivity contribution is 9.09. The van der Waals surface area contributed by atoms with Gasteiger partial charge in [0.05, 0.1) is 6.10 Å². The summed E-state index contributed by atoms with van der Waals surface area (Å²) in [7, 11) is 0. The number of aliphatic hydroxyl groups is 2. The van der Waals surface area contributed by atoms with Crippen LogP contribution < -0.4 is 0 Å². The molecular weight excluding hydrogens is 396 g/mol. The van der Waals surface area contributed by atoms with Crippen molar-refractivity contribution in [3.8, 4) is 0 Å². The highest BCUT2D eigenvalue weighted by Gasteiger charge is 2.68. The van der Waals surface area contributed by atoms with E-state index in [4.69, 9.17) is 0 Å². The summed E-state index contributed by atoms with van der Waals surface area (Å²) in [6, 6.07) is 0. The minimum atomic E-state index is -1.36. The molecule has 0 radical (unpaired) electrons. The van der Waals surface area contributed by atoms with Crippen LogP contribution in [0.2, 0.25) is 0 Å². The van der Waals surface area contributed by atoms with Crippen LogP contribution in [0.25, 0.3) is 0 Å². The van der Waals surface area contributed by atoms with E-state index >= 15 is 0 Å². The lowest BCUT2D eigenvalue weighted by Crippen LogP contribution is -2.62. The fourth-order valence-electron chi connectivity index (χ4n) is 6.82. The molecule has 3 fully saturated rings. The molecule has 3 saturated carbocycles. The van der Waals surface area contributed by atoms with Crippen LogP contribution in [0.1, 0.15) is 46.5 Å². The molecule has 4 nitrogen and oxygen atoms in total. The van der Waals surface area contributed by atoms with Crippen molar-refractivity contribution in [1.82, 2.24) is 0 Å². The minimum Gasteiger partial charge on any atom is -0.393 e. The van der Waals surface area contributed by atoms with Crippen LogP contribution >= 0.6 is 15.9 Å². The predicted octanol–water partition coefficient (Wildman–Crippen LogP) is 2.96. The molecule has 2 N–H and O–H groups in total. The summed E-state index contributed by atoms with van der Waals surface area (Å²) in [5, 5.41) is 22.4. The summed E-state index contributed by atoms with van der Waals surface area (Å²) in [5.74, 6) is 0.113. The molecule has 0 aromatic rings. The number of fused-ring (bicyclic) bond motifs is 5. The van der Waals surface area contributed by atoms with Crippen molar-refractivity contribution in [3.05, 3.63) is 23.8 Å². The van der Waals surface area contributed by atoms with E-state index in [1.807, 2.05) is 13.0 Å². The van der Waals surface area contributed by atoms with Crippen molar-refractivity contribution in [2.75, 3.05) is 0 Å². The Kier molecular flexibility index (Phi) is 4.01. The van der Waals surface area contributed by atoms with Crippen LogP contribution in [-0.4, -0.2) is 38.3 Å². The van der Waals surface area contributed by atoms with E-state index < -0.39 is 17.1 Å². The quantitative estimate of drug-likeness (QED) is 0.636. The molecule has 0 aromatic heterocycles. The summed E-state index contributed by atoms with van der Waals surface area (Å²) in [5.41, 5.74) is -1.24. The molecule has 8 atom stereocenters. The second-order valence-corrected chi connectivity index (χ2v) is 10.4. The van der Waals surface area contributed by atoms with E-state index in [-0.39, 0.29) is 39.6 Å². The molecule has 0 saturated heterocycles. The molecule has 0 amide bonds. The number of allylic oxidation sites excluding steroid dienone is 4. The summed E-state index contributed by atoms with van der Waals surface area (Å²) < 4.78 is 0. The SMILES string of the molecule is CC(=O)[C@@]1(O)CC[C@H]2[C@@H]3C(Br)CC4=CC(=O)C=C[C@]4(C)[C@H]3C(O)C[C@@]21C. The van der Waals surface area contributed by atoms with Crippen LogP contribution in [0.3, 0.4) is 0 Å². The van der Waals surface area contributed by atoms with E-state index in [9.17, 15) is 19.8 Å². The Hall–Kier alpha value is -0.780. The topological polar surface area (TPSA) is 74.6 Å². The third-order valence-electron chi connectivity index (χ3n) is 8.22. The second-order valence-electron chi connectivity index (χ2n) is 9.26. The molecule has 0 aliphatic heterocycles. The lowest BCUT2D eigenvalue weighted by atomic mass is 9.46. The van der Waals surface area contributed by atoms with Gasteiger partial charge in [-0.15, -0.1) is 0 Å². The number of carbonyl (C=O) groups excluding carboxylic acids is 2. The molecular formula is C21H27BrO4. The summed E-state index contributed by atoms with van der Waals surface area (Å²) in [6.07, 6.45) is 7.12. The fraction of sp³-hybridized carbons (Fsp3) is 0.714. The van der Waals surface area contributed by atoms with Gasteiger partial charge in [-0.2, -0.15) is 0 Å². The molecule has 2 unspecified atom stereocenters. The van der Waals surface area contributed by atoms with E-state index in [1.165, 1.54) is 6.92 Å². The molecule has 4 aliphatic carbocycles. The van der Waals surface area contributed by atoms with E-state index in [2.05, 4.69) is 22.9 Å². The summed E-state index contributed by atoms with van der Waals surface area (Å²) in [4.78, 5) is 24.3. The third kappa shape index (κ3) is 2.14. The second kappa shape index (κ2) is 5.62. The first-order valence-electron chi connectivity index (χ1n) is 9.54. The van der Waals surface area contributed by atoms with Crippen LogP contribution in [-0.2, 0) is 9.59 Å². The molecule has 0 aromatic carbocycles. The first-order chi connectivity index (χ1) is 12.0. The Morgan fingerprint density at radius 2 is 2.04 bits per heavy atom. The molecule has 4 rings (SSSR count). The normalized spacial score (nSPS) is 52.8. The maximum atomic E-state index is 12.3. The Morgan fingerprint density at radius 1 is 1.35 bits per heavy atom. The predicted molar refractivity (Wildman–Crippen MR) is 102 cm³/mol. The molecule has 5 heteroatoms. The number of aliphatic hydroxyl groups excluding tert-OH is 1. The van der Waals surface area contributed by atoms with Gasteiger partial charge in [-0.1, -0.05) is 41.4 Å². The van der Waals surface area contributed by atoms with Crippen molar-refractivity contribution in [3.63, 3.8) is 0 Å². The Morgan fingerprint density at radius 3 is 2.69 bits per heavy atom. The van der Waals surface area contributed by atoms with E-state index in [0.717, 1.165) is 18.4 Å². The van der Waals surface area contributed by atoms with Gasteiger partial charge in [-0.3, -0.25) is 9.59 Å². The van der Waals surface area contributed by atoms with Crippen molar-refractivity contribution in [2.24, 2.45) is 28.6 Å².